The van der Waals surface area contributed by atoms with Crippen molar-refractivity contribution < 1.29 is 4.74 Å². The van der Waals surface area contributed by atoms with Crippen molar-refractivity contribution in [3.05, 3.63) is 47.0 Å². The molecule has 0 radical (unpaired) electrons. The predicted octanol–water partition coefficient (Wildman–Crippen LogP) is 1.54. The number of aromatic nitrogens is 3. The topological polar surface area (TPSA) is 79.6 Å². The van der Waals surface area contributed by atoms with E-state index in [0.29, 0.717) is 6.54 Å². The average molecular weight is 511 g/mol. The minimum atomic E-state index is 0. The van der Waals surface area contributed by atoms with Crippen molar-refractivity contribution >= 4 is 29.9 Å². The third-order valence-electron chi connectivity index (χ3n) is 5.39. The van der Waals surface area contributed by atoms with Crippen LogP contribution in [0.25, 0.3) is 0 Å². The van der Waals surface area contributed by atoms with Crippen molar-refractivity contribution in [3.8, 4) is 0 Å². The van der Waals surface area contributed by atoms with E-state index in [4.69, 9.17) is 4.74 Å². The first kappa shape index (κ1) is 22.0. The van der Waals surface area contributed by atoms with Crippen LogP contribution in [0.2, 0.25) is 0 Å². The molecule has 0 bridgehead atoms. The lowest BCUT2D eigenvalue weighted by Crippen LogP contribution is -2.38. The number of ether oxygens (including phenoxy) is 1. The fourth-order valence-corrected chi connectivity index (χ4v) is 3.79. The molecule has 2 aliphatic rings. The van der Waals surface area contributed by atoms with E-state index in [9.17, 15) is 0 Å². The van der Waals surface area contributed by atoms with Crippen LogP contribution in [0, 0.1) is 0 Å². The molecule has 1 fully saturated rings. The van der Waals surface area contributed by atoms with Crippen LogP contribution in [0.5, 0.6) is 0 Å². The molecule has 0 saturated carbocycles. The highest BCUT2D eigenvalue weighted by molar-refractivity contribution is 14.0. The average Bonchev–Trinajstić information content (AvgIpc) is 3.34. The summed E-state index contributed by atoms with van der Waals surface area (Å²) < 4.78 is 7.66. The fraction of sp³-hybridized carbons (Fsp3) is 0.550. The third-order valence-corrected chi connectivity index (χ3v) is 5.39. The third kappa shape index (κ3) is 5.67. The maximum Gasteiger partial charge on any atom is 0.191 e. The summed E-state index contributed by atoms with van der Waals surface area (Å²) in [4.78, 5) is 6.80. The van der Waals surface area contributed by atoms with Gasteiger partial charge in [0.1, 0.15) is 5.82 Å². The van der Waals surface area contributed by atoms with Gasteiger partial charge in [-0.2, -0.15) is 0 Å². The Balaban J connectivity index is 0.00000240. The first-order chi connectivity index (χ1) is 13.8. The van der Waals surface area contributed by atoms with E-state index in [1.165, 1.54) is 11.1 Å². The summed E-state index contributed by atoms with van der Waals surface area (Å²) in [6.07, 6.45) is 2.19. The largest absolute Gasteiger partial charge is 0.379 e. The molecule has 0 atom stereocenters. The van der Waals surface area contributed by atoms with Gasteiger partial charge in [0.15, 0.2) is 11.8 Å². The second-order valence-corrected chi connectivity index (χ2v) is 7.22. The molecule has 9 heteroatoms. The Hall–Kier alpha value is -1.72. The Morgan fingerprint density at radius 1 is 1.07 bits per heavy atom. The van der Waals surface area contributed by atoms with E-state index in [-0.39, 0.29) is 24.0 Å². The highest BCUT2D eigenvalue weighted by Crippen LogP contribution is 2.14. The van der Waals surface area contributed by atoms with Gasteiger partial charge in [-0.1, -0.05) is 24.3 Å². The van der Waals surface area contributed by atoms with Crippen molar-refractivity contribution in [1.82, 2.24) is 30.3 Å². The van der Waals surface area contributed by atoms with E-state index in [0.717, 1.165) is 76.4 Å². The van der Waals surface area contributed by atoms with Crippen molar-refractivity contribution in [1.29, 1.82) is 0 Å². The first-order valence-corrected chi connectivity index (χ1v) is 10.1. The number of nitrogens with one attached hydrogen (secondary N) is 2. The molecule has 0 spiro atoms. The summed E-state index contributed by atoms with van der Waals surface area (Å²) in [6.45, 7) is 6.97. The molecule has 3 heterocycles. The molecule has 8 nitrogen and oxygen atoms in total. The molecular formula is C20H30IN7O. The lowest BCUT2D eigenvalue weighted by molar-refractivity contribution is 0.0341. The van der Waals surface area contributed by atoms with Crippen LogP contribution < -0.4 is 10.6 Å². The Morgan fingerprint density at radius 2 is 1.83 bits per heavy atom. The number of rotatable bonds is 6. The summed E-state index contributed by atoms with van der Waals surface area (Å²) in [5.74, 6) is 2.84. The highest BCUT2D eigenvalue weighted by Gasteiger charge is 2.17. The van der Waals surface area contributed by atoms with E-state index >= 15 is 0 Å². The molecule has 2 aliphatic heterocycles. The van der Waals surface area contributed by atoms with Gasteiger partial charge in [-0.15, -0.1) is 34.2 Å². The Kier molecular flexibility index (Phi) is 8.25. The smallest absolute Gasteiger partial charge is 0.191 e. The van der Waals surface area contributed by atoms with Gasteiger partial charge in [0.05, 0.1) is 19.8 Å². The number of nitrogens with zero attached hydrogens (tertiary/aromatic N) is 5. The van der Waals surface area contributed by atoms with Crippen molar-refractivity contribution in [3.63, 3.8) is 0 Å². The number of halogens is 1. The molecule has 1 aromatic carbocycles. The highest BCUT2D eigenvalue weighted by atomic mass is 127. The molecule has 2 aromatic rings. The molecule has 158 valence electrons. The van der Waals surface area contributed by atoms with Gasteiger partial charge in [-0.25, -0.2) is 0 Å². The number of hydrogen-bond acceptors (Lipinski definition) is 5. The van der Waals surface area contributed by atoms with Gasteiger partial charge in [-0.3, -0.25) is 9.89 Å². The molecule has 2 N–H and O–H groups in total. The SMILES string of the molecule is CN=C(NCc1ccccc1CN1CCOCC1)NCc1nnc2n1CCC2.I. The standard InChI is InChI=1S/C20H29N7O.HI/c1-21-20(23-14-19-25-24-18-7-4-8-27(18)19)22-13-16-5-2-3-6-17(16)15-26-9-11-28-12-10-26;/h2-3,5-6H,4,7-15H2,1H3,(H2,21,22,23);1H. The second kappa shape index (κ2) is 10.9. The van der Waals surface area contributed by atoms with Gasteiger partial charge in [-0.05, 0) is 17.5 Å². The van der Waals surface area contributed by atoms with Crippen LogP contribution in [0.4, 0.5) is 0 Å². The quantitative estimate of drug-likeness (QED) is 0.348. The normalized spacial score (nSPS) is 16.9. The maximum atomic E-state index is 5.46. The van der Waals surface area contributed by atoms with Crippen molar-refractivity contribution in [2.75, 3.05) is 33.4 Å². The monoisotopic (exact) mass is 511 g/mol. The molecule has 1 aromatic heterocycles. The van der Waals surface area contributed by atoms with E-state index in [1.54, 1.807) is 7.05 Å². The van der Waals surface area contributed by atoms with Crippen LogP contribution in [0.3, 0.4) is 0 Å². The zero-order chi connectivity index (χ0) is 19.2. The minimum absolute atomic E-state index is 0. The van der Waals surface area contributed by atoms with Crippen LogP contribution in [-0.4, -0.2) is 59.0 Å². The lowest BCUT2D eigenvalue weighted by atomic mass is 10.1. The summed E-state index contributed by atoms with van der Waals surface area (Å²) >= 11 is 0. The van der Waals surface area contributed by atoms with Crippen LogP contribution in [-0.2, 0) is 37.3 Å². The second-order valence-electron chi connectivity index (χ2n) is 7.22. The summed E-state index contributed by atoms with van der Waals surface area (Å²) in [5, 5.41) is 15.3. The summed E-state index contributed by atoms with van der Waals surface area (Å²) in [6, 6.07) is 8.59. The number of morpholine rings is 1. The molecule has 0 unspecified atom stereocenters. The summed E-state index contributed by atoms with van der Waals surface area (Å²) in [7, 11) is 1.79. The number of guanidine groups is 1. The van der Waals surface area contributed by atoms with E-state index in [1.807, 2.05) is 0 Å². The number of aliphatic imine (C=N–C) groups is 1. The Morgan fingerprint density at radius 3 is 2.62 bits per heavy atom. The lowest BCUT2D eigenvalue weighted by Gasteiger charge is -2.27. The number of benzene rings is 1. The van der Waals surface area contributed by atoms with Crippen LogP contribution in [0.15, 0.2) is 29.3 Å². The number of hydrogen-bond donors (Lipinski definition) is 2. The van der Waals surface area contributed by atoms with E-state index in [2.05, 4.69) is 59.6 Å². The molecule has 0 amide bonds. The van der Waals surface area contributed by atoms with Crippen molar-refractivity contribution in [2.45, 2.75) is 39.0 Å². The van der Waals surface area contributed by atoms with Gasteiger partial charge in [0.2, 0.25) is 0 Å². The first-order valence-electron chi connectivity index (χ1n) is 10.1. The maximum absolute atomic E-state index is 5.46. The zero-order valence-electron chi connectivity index (χ0n) is 16.9. The van der Waals surface area contributed by atoms with Gasteiger partial charge in [0, 0.05) is 46.2 Å². The molecule has 0 aliphatic carbocycles. The Bertz CT molecular complexity index is 817. The van der Waals surface area contributed by atoms with Crippen LogP contribution >= 0.6 is 24.0 Å². The van der Waals surface area contributed by atoms with Gasteiger partial charge < -0.3 is 19.9 Å². The Labute approximate surface area is 189 Å². The molecular weight excluding hydrogens is 481 g/mol. The van der Waals surface area contributed by atoms with Gasteiger partial charge in [0.25, 0.3) is 0 Å². The summed E-state index contributed by atoms with van der Waals surface area (Å²) in [5.41, 5.74) is 2.64. The van der Waals surface area contributed by atoms with E-state index < -0.39 is 0 Å². The predicted molar refractivity (Wildman–Crippen MR) is 123 cm³/mol. The number of fused-ring (bicyclic) bond motifs is 1. The fourth-order valence-electron chi connectivity index (χ4n) is 3.79. The minimum Gasteiger partial charge on any atom is -0.379 e. The molecule has 1 saturated heterocycles. The molecule has 29 heavy (non-hydrogen) atoms. The number of aryl methyl sites for hydroxylation is 1. The molecule has 4 rings (SSSR count). The van der Waals surface area contributed by atoms with Crippen molar-refractivity contribution in [2.24, 2.45) is 4.99 Å². The zero-order valence-corrected chi connectivity index (χ0v) is 19.3. The van der Waals surface area contributed by atoms with Crippen LogP contribution in [0.1, 0.15) is 29.2 Å². The van der Waals surface area contributed by atoms with Gasteiger partial charge >= 0.3 is 0 Å².